The zero-order chi connectivity index (χ0) is 15.8. The van der Waals surface area contributed by atoms with E-state index < -0.39 is 5.97 Å². The van der Waals surface area contributed by atoms with Gasteiger partial charge in [-0.2, -0.15) is 0 Å². The average molecular weight is 332 g/mol. The number of aromatic nitrogens is 1. The van der Waals surface area contributed by atoms with Crippen LogP contribution in [0.25, 0.3) is 10.8 Å². The number of oxazole rings is 1. The highest BCUT2D eigenvalue weighted by atomic mass is 32.1. The van der Waals surface area contributed by atoms with Gasteiger partial charge >= 0.3 is 5.97 Å². The molecule has 0 radical (unpaired) electrons. The number of thiophene rings is 1. The van der Waals surface area contributed by atoms with Crippen molar-refractivity contribution in [3.8, 4) is 10.8 Å². The molecule has 1 saturated heterocycles. The Labute approximate surface area is 138 Å². The quantitative estimate of drug-likeness (QED) is 0.926. The van der Waals surface area contributed by atoms with E-state index in [1.165, 1.54) is 12.8 Å². The van der Waals surface area contributed by atoms with Gasteiger partial charge < -0.3 is 9.52 Å². The van der Waals surface area contributed by atoms with Crippen molar-refractivity contribution in [3.63, 3.8) is 0 Å². The van der Waals surface area contributed by atoms with Gasteiger partial charge in [0.1, 0.15) is 12.3 Å². The van der Waals surface area contributed by atoms with Crippen molar-refractivity contribution < 1.29 is 14.3 Å². The second-order valence-electron chi connectivity index (χ2n) is 6.50. The molecular weight excluding hydrogens is 312 g/mol. The van der Waals surface area contributed by atoms with E-state index in [0.717, 1.165) is 29.8 Å². The maximum atomic E-state index is 11.7. The number of hydrogen-bond donors (Lipinski definition) is 1. The molecule has 6 heteroatoms. The number of hydrogen-bond acceptors (Lipinski definition) is 5. The zero-order valence-corrected chi connectivity index (χ0v) is 13.7. The molecule has 2 aromatic heterocycles. The molecule has 4 rings (SSSR count). The minimum Gasteiger partial charge on any atom is -0.480 e. The summed E-state index contributed by atoms with van der Waals surface area (Å²) in [5.74, 6) is 0.441. The van der Waals surface area contributed by atoms with E-state index in [9.17, 15) is 9.90 Å². The van der Waals surface area contributed by atoms with E-state index in [1.807, 2.05) is 17.5 Å². The Bertz CT molecular complexity index is 682. The van der Waals surface area contributed by atoms with Gasteiger partial charge in [-0.3, -0.25) is 9.69 Å². The maximum absolute atomic E-state index is 11.7. The maximum Gasteiger partial charge on any atom is 0.320 e. The number of nitrogens with zero attached hydrogens (tertiary/aromatic N) is 2. The normalized spacial score (nSPS) is 27.9. The van der Waals surface area contributed by atoms with Gasteiger partial charge in [0.05, 0.1) is 10.6 Å². The highest BCUT2D eigenvalue weighted by Gasteiger charge is 2.45. The van der Waals surface area contributed by atoms with Crippen molar-refractivity contribution in [3.05, 3.63) is 29.5 Å². The lowest BCUT2D eigenvalue weighted by atomic mass is 9.85. The molecule has 3 atom stereocenters. The Morgan fingerprint density at radius 1 is 1.43 bits per heavy atom. The summed E-state index contributed by atoms with van der Waals surface area (Å²) in [4.78, 5) is 19.4. The number of carbonyl (C=O) groups is 1. The average Bonchev–Trinajstić information content (AvgIpc) is 3.26. The Balaban J connectivity index is 1.55. The van der Waals surface area contributed by atoms with Gasteiger partial charge in [0.15, 0.2) is 0 Å². The lowest BCUT2D eigenvalue weighted by molar-refractivity contribution is -0.142. The Morgan fingerprint density at radius 3 is 3.09 bits per heavy atom. The van der Waals surface area contributed by atoms with E-state index >= 15 is 0 Å². The van der Waals surface area contributed by atoms with Crippen molar-refractivity contribution in [2.45, 2.75) is 50.7 Å². The van der Waals surface area contributed by atoms with E-state index in [0.29, 0.717) is 24.4 Å². The summed E-state index contributed by atoms with van der Waals surface area (Å²) in [7, 11) is 0. The van der Waals surface area contributed by atoms with Crippen LogP contribution in [0.4, 0.5) is 0 Å². The van der Waals surface area contributed by atoms with Crippen LogP contribution in [0.1, 0.15) is 37.8 Å². The first-order chi connectivity index (χ1) is 11.2. The fourth-order valence-corrected chi connectivity index (χ4v) is 4.76. The molecule has 122 valence electrons. The number of aliphatic carboxylic acids is 1. The van der Waals surface area contributed by atoms with Gasteiger partial charge in [-0.25, -0.2) is 4.98 Å². The Morgan fingerprint density at radius 2 is 2.30 bits per heavy atom. The van der Waals surface area contributed by atoms with E-state index in [-0.39, 0.29) is 6.04 Å². The molecule has 0 spiro atoms. The van der Waals surface area contributed by atoms with Crippen molar-refractivity contribution in [2.75, 3.05) is 0 Å². The molecule has 3 heterocycles. The molecule has 2 aliphatic rings. The molecule has 1 N–H and O–H groups in total. The molecule has 2 aromatic rings. The summed E-state index contributed by atoms with van der Waals surface area (Å²) >= 11 is 1.59. The molecule has 0 bridgehead atoms. The van der Waals surface area contributed by atoms with E-state index in [2.05, 4.69) is 9.88 Å². The lowest BCUT2D eigenvalue weighted by Gasteiger charge is -2.32. The van der Waals surface area contributed by atoms with Crippen LogP contribution in [-0.4, -0.2) is 33.0 Å². The lowest BCUT2D eigenvalue weighted by Crippen LogP contribution is -2.41. The standard InChI is InChI=1S/C17H20N2O3S/c20-17(21)14-8-11-4-1-2-5-13(11)19(14)9-12-10-22-16(18-12)15-6-3-7-23-15/h3,6-7,10-11,13-14H,1-2,4-5,8-9H2,(H,20,21)/t11-,13-,14-/m0/s1. The highest BCUT2D eigenvalue weighted by Crippen LogP contribution is 2.40. The van der Waals surface area contributed by atoms with Gasteiger partial charge in [-0.15, -0.1) is 11.3 Å². The van der Waals surface area contributed by atoms with Crippen LogP contribution < -0.4 is 0 Å². The third kappa shape index (κ3) is 2.81. The van der Waals surface area contributed by atoms with E-state index in [1.54, 1.807) is 17.6 Å². The summed E-state index contributed by atoms with van der Waals surface area (Å²) in [5.41, 5.74) is 0.825. The van der Waals surface area contributed by atoms with Crippen molar-refractivity contribution in [1.82, 2.24) is 9.88 Å². The number of fused-ring (bicyclic) bond motifs is 1. The van der Waals surface area contributed by atoms with Crippen LogP contribution in [-0.2, 0) is 11.3 Å². The Kier molecular flexibility index (Phi) is 3.95. The fourth-order valence-electron chi connectivity index (χ4n) is 4.10. The van der Waals surface area contributed by atoms with Gasteiger partial charge in [0.2, 0.25) is 5.89 Å². The van der Waals surface area contributed by atoms with E-state index in [4.69, 9.17) is 4.42 Å². The second kappa shape index (κ2) is 6.09. The van der Waals surface area contributed by atoms with Gasteiger partial charge in [0.25, 0.3) is 0 Å². The first-order valence-electron chi connectivity index (χ1n) is 8.19. The fraction of sp³-hybridized carbons (Fsp3) is 0.529. The molecule has 5 nitrogen and oxygen atoms in total. The topological polar surface area (TPSA) is 66.6 Å². The zero-order valence-electron chi connectivity index (χ0n) is 12.9. The summed E-state index contributed by atoms with van der Waals surface area (Å²) in [6, 6.07) is 3.95. The second-order valence-corrected chi connectivity index (χ2v) is 7.44. The third-order valence-corrected chi connectivity index (χ3v) is 5.99. The number of carboxylic acid groups (broad SMARTS) is 1. The number of carboxylic acids is 1. The minimum atomic E-state index is -0.707. The molecule has 1 aliphatic carbocycles. The van der Waals surface area contributed by atoms with Crippen molar-refractivity contribution in [2.24, 2.45) is 5.92 Å². The van der Waals surface area contributed by atoms with Crippen LogP contribution in [0.5, 0.6) is 0 Å². The van der Waals surface area contributed by atoms with Crippen LogP contribution in [0.3, 0.4) is 0 Å². The van der Waals surface area contributed by atoms with Gasteiger partial charge in [-0.1, -0.05) is 18.9 Å². The molecule has 2 fully saturated rings. The molecule has 1 aliphatic heterocycles. The Hall–Kier alpha value is -1.66. The van der Waals surface area contributed by atoms with Crippen LogP contribution in [0, 0.1) is 5.92 Å². The number of likely N-dealkylation sites (tertiary alicyclic amines) is 1. The monoisotopic (exact) mass is 332 g/mol. The predicted molar refractivity (Wildman–Crippen MR) is 87.1 cm³/mol. The molecule has 1 saturated carbocycles. The molecule has 0 aromatic carbocycles. The van der Waals surface area contributed by atoms with Gasteiger partial charge in [0, 0.05) is 12.6 Å². The summed E-state index contributed by atoms with van der Waals surface area (Å²) < 4.78 is 5.58. The third-order valence-electron chi connectivity index (χ3n) is 5.13. The number of rotatable bonds is 4. The largest absolute Gasteiger partial charge is 0.480 e. The SMILES string of the molecule is O=C(O)[C@@H]1C[C@@H]2CCCC[C@@H]2N1Cc1coc(-c2cccs2)n1. The smallest absolute Gasteiger partial charge is 0.320 e. The summed E-state index contributed by atoms with van der Waals surface area (Å²) in [6.45, 7) is 0.563. The first kappa shape index (κ1) is 14.9. The van der Waals surface area contributed by atoms with Gasteiger partial charge in [-0.05, 0) is 36.6 Å². The summed E-state index contributed by atoms with van der Waals surface area (Å²) in [5, 5.41) is 11.6. The molecular formula is C17H20N2O3S. The minimum absolute atomic E-state index is 0.381. The molecule has 23 heavy (non-hydrogen) atoms. The van der Waals surface area contributed by atoms with Crippen LogP contribution >= 0.6 is 11.3 Å². The molecule has 0 amide bonds. The summed E-state index contributed by atoms with van der Waals surface area (Å²) in [6.07, 6.45) is 7.13. The highest BCUT2D eigenvalue weighted by molar-refractivity contribution is 7.13. The first-order valence-corrected chi connectivity index (χ1v) is 9.07. The molecule has 0 unspecified atom stereocenters. The van der Waals surface area contributed by atoms with Crippen molar-refractivity contribution >= 4 is 17.3 Å². The van der Waals surface area contributed by atoms with Crippen LogP contribution in [0.15, 0.2) is 28.2 Å². The van der Waals surface area contributed by atoms with Crippen LogP contribution in [0.2, 0.25) is 0 Å². The predicted octanol–water partition coefficient (Wildman–Crippen LogP) is 3.62. The van der Waals surface area contributed by atoms with Crippen molar-refractivity contribution in [1.29, 1.82) is 0 Å².